The quantitative estimate of drug-likeness (QED) is 0.175. The third kappa shape index (κ3) is 9.48. The van der Waals surface area contributed by atoms with Gasteiger partial charge in [-0.25, -0.2) is 0 Å². The Balaban J connectivity index is 0.00000324. The largest absolute Gasteiger partial charge is 1.00 e. The molecule has 0 saturated heterocycles. The van der Waals surface area contributed by atoms with Gasteiger partial charge in [-0.1, -0.05) is 67.4 Å². The standard InChI is InChI=1S/C28H32N2O4.Na.H/c1-3-4-7-25(28(31)32)20-22-9-15-26(16-10-22)33-18-19-34-30-21(2)23-11-13-24(14-12-23)27-8-5-6-17-29-27;;/h5-6,8-17,25H,3-4,7,18-20H2,1-2H3,(H,31,32);;/q;+1;-1/b30-21-;;. The smallest absolute Gasteiger partial charge is 1.00 e. The summed E-state index contributed by atoms with van der Waals surface area (Å²) in [5, 5.41) is 13.6. The van der Waals surface area contributed by atoms with Crippen molar-refractivity contribution in [3.63, 3.8) is 0 Å². The predicted octanol–water partition coefficient (Wildman–Crippen LogP) is 3.12. The second kappa shape index (κ2) is 15.4. The molecule has 180 valence electrons. The zero-order chi connectivity index (χ0) is 24.2. The van der Waals surface area contributed by atoms with Crippen LogP contribution >= 0.6 is 0 Å². The normalized spacial score (nSPS) is 11.9. The zero-order valence-electron chi connectivity index (χ0n) is 21.8. The maximum absolute atomic E-state index is 11.4. The van der Waals surface area contributed by atoms with Crippen LogP contribution in [0.1, 0.15) is 45.7 Å². The summed E-state index contributed by atoms with van der Waals surface area (Å²) in [6.07, 6.45) is 4.95. The molecule has 1 heterocycles. The Labute approximate surface area is 231 Å². The predicted molar refractivity (Wildman–Crippen MR) is 135 cm³/mol. The molecule has 2 aromatic carbocycles. The Morgan fingerprint density at radius 2 is 1.80 bits per heavy atom. The van der Waals surface area contributed by atoms with Gasteiger partial charge in [-0.2, -0.15) is 0 Å². The number of aliphatic carboxylic acids is 1. The second-order valence-corrected chi connectivity index (χ2v) is 8.18. The summed E-state index contributed by atoms with van der Waals surface area (Å²) in [4.78, 5) is 21.2. The number of aromatic nitrogens is 1. The van der Waals surface area contributed by atoms with Gasteiger partial charge in [0.05, 0.1) is 17.3 Å². The summed E-state index contributed by atoms with van der Waals surface area (Å²) in [5.41, 5.74) is 4.75. The number of hydrogen-bond donors (Lipinski definition) is 1. The molecule has 1 atom stereocenters. The van der Waals surface area contributed by atoms with E-state index in [-0.39, 0.29) is 36.9 Å². The van der Waals surface area contributed by atoms with Crippen LogP contribution in [-0.2, 0) is 16.1 Å². The molecule has 0 aliphatic carbocycles. The molecule has 6 nitrogen and oxygen atoms in total. The molecule has 3 aromatic rings. The summed E-state index contributed by atoms with van der Waals surface area (Å²) in [6.45, 7) is 4.66. The van der Waals surface area contributed by atoms with Crippen molar-refractivity contribution < 1.29 is 50.5 Å². The van der Waals surface area contributed by atoms with Gasteiger partial charge in [-0.15, -0.1) is 0 Å². The third-order valence-electron chi connectivity index (χ3n) is 5.57. The van der Waals surface area contributed by atoms with Gasteiger partial charge >= 0.3 is 35.5 Å². The number of carbonyl (C=O) groups is 1. The molecule has 0 aliphatic heterocycles. The minimum atomic E-state index is -0.731. The molecule has 0 saturated carbocycles. The Morgan fingerprint density at radius 3 is 2.43 bits per heavy atom. The average molecular weight is 485 g/mol. The molecule has 0 spiro atoms. The first-order chi connectivity index (χ1) is 16.6. The fourth-order valence-corrected chi connectivity index (χ4v) is 3.58. The van der Waals surface area contributed by atoms with Crippen molar-refractivity contribution in [1.82, 2.24) is 4.98 Å². The van der Waals surface area contributed by atoms with E-state index in [4.69, 9.17) is 9.57 Å². The molecule has 0 radical (unpaired) electrons. The van der Waals surface area contributed by atoms with E-state index in [2.05, 4.69) is 17.1 Å². The van der Waals surface area contributed by atoms with Crippen LogP contribution in [0.15, 0.2) is 78.1 Å². The molecule has 1 aromatic heterocycles. The topological polar surface area (TPSA) is 81.0 Å². The van der Waals surface area contributed by atoms with E-state index in [0.717, 1.165) is 46.7 Å². The first-order valence-corrected chi connectivity index (χ1v) is 11.7. The summed E-state index contributed by atoms with van der Waals surface area (Å²) in [5.74, 6) is -0.350. The fourth-order valence-electron chi connectivity index (χ4n) is 3.58. The third-order valence-corrected chi connectivity index (χ3v) is 5.57. The van der Waals surface area contributed by atoms with Gasteiger partial charge < -0.3 is 16.1 Å². The van der Waals surface area contributed by atoms with E-state index in [9.17, 15) is 9.90 Å². The number of pyridine rings is 1. The van der Waals surface area contributed by atoms with Crippen LogP contribution in [0.4, 0.5) is 0 Å². The van der Waals surface area contributed by atoms with Gasteiger partial charge in [0.25, 0.3) is 0 Å². The molecule has 0 aliphatic rings. The molecule has 1 N–H and O–H groups in total. The van der Waals surface area contributed by atoms with E-state index in [1.807, 2.05) is 73.7 Å². The molecular formula is C28H33N2NaO4. The van der Waals surface area contributed by atoms with E-state index in [1.54, 1.807) is 6.20 Å². The molecular weight excluding hydrogens is 451 g/mol. The summed E-state index contributed by atoms with van der Waals surface area (Å²) in [6, 6.07) is 21.5. The van der Waals surface area contributed by atoms with Gasteiger partial charge in [-0.3, -0.25) is 9.78 Å². The summed E-state index contributed by atoms with van der Waals surface area (Å²) < 4.78 is 5.71. The maximum Gasteiger partial charge on any atom is 1.00 e. The van der Waals surface area contributed by atoms with Gasteiger partial charge in [0.1, 0.15) is 12.4 Å². The van der Waals surface area contributed by atoms with E-state index < -0.39 is 5.97 Å². The van der Waals surface area contributed by atoms with Crippen molar-refractivity contribution in [2.24, 2.45) is 11.1 Å². The number of unbranched alkanes of at least 4 members (excludes halogenated alkanes) is 1. The van der Waals surface area contributed by atoms with Gasteiger partial charge in [-0.05, 0) is 55.2 Å². The Hall–Kier alpha value is -2.67. The number of carboxylic acids is 1. The van der Waals surface area contributed by atoms with Crippen LogP contribution in [0.3, 0.4) is 0 Å². The van der Waals surface area contributed by atoms with Crippen LogP contribution in [0.2, 0.25) is 0 Å². The number of nitrogens with zero attached hydrogens (tertiary/aromatic N) is 2. The first-order valence-electron chi connectivity index (χ1n) is 11.7. The molecule has 1 unspecified atom stereocenters. The zero-order valence-corrected chi connectivity index (χ0v) is 22.8. The SMILES string of the molecule is CCCCC(Cc1ccc(OCCO/N=C(/C)c2ccc(-c3ccccn3)cc2)cc1)C(=O)O.[H-].[Na+]. The monoisotopic (exact) mass is 484 g/mol. The van der Waals surface area contributed by atoms with Crippen LogP contribution in [0, 0.1) is 5.92 Å². The molecule has 0 bridgehead atoms. The molecule has 0 fully saturated rings. The van der Waals surface area contributed by atoms with Crippen molar-refractivity contribution in [3.05, 3.63) is 84.1 Å². The van der Waals surface area contributed by atoms with Crippen LogP contribution in [0.5, 0.6) is 5.75 Å². The minimum absolute atomic E-state index is 0. The maximum atomic E-state index is 11.4. The van der Waals surface area contributed by atoms with Gasteiger partial charge in [0.15, 0.2) is 6.61 Å². The second-order valence-electron chi connectivity index (χ2n) is 8.18. The minimum Gasteiger partial charge on any atom is -1.00 e. The van der Waals surface area contributed by atoms with E-state index >= 15 is 0 Å². The van der Waals surface area contributed by atoms with Crippen molar-refractivity contribution in [3.8, 4) is 17.0 Å². The van der Waals surface area contributed by atoms with Crippen molar-refractivity contribution in [1.29, 1.82) is 0 Å². The van der Waals surface area contributed by atoms with Crippen LogP contribution < -0.4 is 34.3 Å². The molecule has 3 rings (SSSR count). The average Bonchev–Trinajstić information content (AvgIpc) is 2.87. The van der Waals surface area contributed by atoms with Crippen LogP contribution in [0.25, 0.3) is 11.3 Å². The van der Waals surface area contributed by atoms with Crippen molar-refractivity contribution >= 4 is 11.7 Å². The molecule has 35 heavy (non-hydrogen) atoms. The number of carboxylic acid groups (broad SMARTS) is 1. The molecule has 0 amide bonds. The Bertz CT molecular complexity index is 1060. The fraction of sp³-hybridized carbons (Fsp3) is 0.321. The number of oxime groups is 1. The Morgan fingerprint density at radius 1 is 1.06 bits per heavy atom. The van der Waals surface area contributed by atoms with Gasteiger partial charge in [0.2, 0.25) is 0 Å². The number of benzene rings is 2. The Kier molecular flexibility index (Phi) is 12.5. The first kappa shape index (κ1) is 28.6. The summed E-state index contributed by atoms with van der Waals surface area (Å²) in [7, 11) is 0. The number of ether oxygens (including phenoxy) is 1. The van der Waals surface area contributed by atoms with E-state index in [0.29, 0.717) is 26.1 Å². The number of hydrogen-bond acceptors (Lipinski definition) is 5. The summed E-state index contributed by atoms with van der Waals surface area (Å²) >= 11 is 0. The van der Waals surface area contributed by atoms with E-state index in [1.165, 1.54) is 0 Å². The van der Waals surface area contributed by atoms with Crippen molar-refractivity contribution in [2.75, 3.05) is 13.2 Å². The van der Waals surface area contributed by atoms with Crippen LogP contribution in [-0.4, -0.2) is 35.0 Å². The molecule has 7 heteroatoms. The number of rotatable bonds is 13. The van der Waals surface area contributed by atoms with Crippen molar-refractivity contribution in [2.45, 2.75) is 39.5 Å². The van der Waals surface area contributed by atoms with Gasteiger partial charge in [0, 0.05) is 11.8 Å².